The van der Waals surface area contributed by atoms with E-state index in [1.807, 2.05) is 0 Å². The summed E-state index contributed by atoms with van der Waals surface area (Å²) in [6.45, 7) is 0.405. The highest BCUT2D eigenvalue weighted by atomic mass is 16.5. The minimum absolute atomic E-state index is 0.0671. The molecule has 7 heteroatoms. The number of hydrogen-bond acceptors (Lipinski definition) is 5. The molecule has 1 aliphatic heterocycles. The summed E-state index contributed by atoms with van der Waals surface area (Å²) in [5, 5.41) is 2.94. The van der Waals surface area contributed by atoms with Crippen LogP contribution in [0.15, 0.2) is 0 Å². The number of ether oxygens (including phenoxy) is 1. The molecule has 2 fully saturated rings. The Morgan fingerprint density at radius 3 is 2.65 bits per heavy atom. The van der Waals surface area contributed by atoms with Crippen LogP contribution in [-0.4, -0.2) is 48.0 Å². The Labute approximate surface area is 117 Å². The van der Waals surface area contributed by atoms with Crippen LogP contribution in [0.3, 0.4) is 0 Å². The summed E-state index contributed by atoms with van der Waals surface area (Å²) >= 11 is 0. The summed E-state index contributed by atoms with van der Waals surface area (Å²) in [5.74, 6) is -0.254. The lowest BCUT2D eigenvalue weighted by molar-refractivity contribution is -0.142. The SMILES string of the molecule is NC(=O)OCCNC1CC(=O)N(C2CCCCC2)C1=O. The Kier molecular flexibility index (Phi) is 4.94. The van der Waals surface area contributed by atoms with Gasteiger partial charge in [0.1, 0.15) is 6.61 Å². The number of carbonyl (C=O) groups excluding carboxylic acids is 3. The molecule has 0 radical (unpaired) electrons. The molecular formula is C13H21N3O4. The van der Waals surface area contributed by atoms with Crippen LogP contribution in [0, 0.1) is 0 Å². The number of primary amides is 1. The number of imide groups is 1. The molecule has 112 valence electrons. The number of nitrogens with zero attached hydrogens (tertiary/aromatic N) is 1. The molecule has 1 saturated carbocycles. The quantitative estimate of drug-likeness (QED) is 0.551. The van der Waals surface area contributed by atoms with Crippen LogP contribution >= 0.6 is 0 Å². The third kappa shape index (κ3) is 3.47. The second-order valence-corrected chi connectivity index (χ2v) is 5.27. The molecule has 0 spiro atoms. The maximum Gasteiger partial charge on any atom is 0.404 e. The zero-order valence-corrected chi connectivity index (χ0v) is 11.5. The maximum atomic E-state index is 12.3. The predicted octanol–water partition coefficient (Wildman–Crippen LogP) is 0.131. The summed E-state index contributed by atoms with van der Waals surface area (Å²) in [7, 11) is 0. The van der Waals surface area contributed by atoms with Gasteiger partial charge < -0.3 is 15.8 Å². The van der Waals surface area contributed by atoms with Gasteiger partial charge in [-0.15, -0.1) is 0 Å². The number of rotatable bonds is 5. The molecule has 1 unspecified atom stereocenters. The zero-order valence-electron chi connectivity index (χ0n) is 11.5. The molecule has 2 rings (SSSR count). The minimum Gasteiger partial charge on any atom is -0.448 e. The number of amides is 3. The van der Waals surface area contributed by atoms with E-state index in [0.717, 1.165) is 25.7 Å². The third-order valence-electron chi connectivity index (χ3n) is 3.86. The molecule has 20 heavy (non-hydrogen) atoms. The second kappa shape index (κ2) is 6.69. The van der Waals surface area contributed by atoms with Gasteiger partial charge in [0.15, 0.2) is 0 Å². The van der Waals surface area contributed by atoms with E-state index in [1.165, 1.54) is 11.3 Å². The molecule has 1 aliphatic carbocycles. The van der Waals surface area contributed by atoms with Gasteiger partial charge in [0.05, 0.1) is 12.5 Å². The fraction of sp³-hybridized carbons (Fsp3) is 0.769. The average molecular weight is 283 g/mol. The first-order valence-corrected chi connectivity index (χ1v) is 7.11. The van der Waals surface area contributed by atoms with Gasteiger partial charge in [-0.25, -0.2) is 4.79 Å². The summed E-state index contributed by atoms with van der Waals surface area (Å²) in [6, 6.07) is -0.432. The molecule has 7 nitrogen and oxygen atoms in total. The normalized spacial score (nSPS) is 24.2. The number of likely N-dealkylation sites (tertiary alicyclic amines) is 1. The molecule has 0 aromatic heterocycles. The highest BCUT2D eigenvalue weighted by Crippen LogP contribution is 2.27. The molecule has 0 aromatic rings. The molecule has 2 aliphatic rings. The lowest BCUT2D eigenvalue weighted by Crippen LogP contribution is -2.45. The van der Waals surface area contributed by atoms with Gasteiger partial charge >= 0.3 is 6.09 Å². The predicted molar refractivity (Wildman–Crippen MR) is 70.7 cm³/mol. The van der Waals surface area contributed by atoms with Gasteiger partial charge in [0.2, 0.25) is 11.8 Å². The van der Waals surface area contributed by atoms with Crippen molar-refractivity contribution in [3.63, 3.8) is 0 Å². The first-order valence-electron chi connectivity index (χ1n) is 7.11. The van der Waals surface area contributed by atoms with E-state index < -0.39 is 12.1 Å². The summed E-state index contributed by atoms with van der Waals surface area (Å²) in [5.41, 5.74) is 4.84. The fourth-order valence-corrected chi connectivity index (χ4v) is 2.92. The highest BCUT2D eigenvalue weighted by molar-refractivity contribution is 6.05. The Morgan fingerprint density at radius 2 is 2.00 bits per heavy atom. The lowest BCUT2D eigenvalue weighted by Gasteiger charge is -2.29. The minimum atomic E-state index is -0.843. The van der Waals surface area contributed by atoms with E-state index in [-0.39, 0.29) is 30.9 Å². The lowest BCUT2D eigenvalue weighted by atomic mass is 9.94. The van der Waals surface area contributed by atoms with E-state index in [0.29, 0.717) is 6.54 Å². The van der Waals surface area contributed by atoms with Crippen molar-refractivity contribution in [3.8, 4) is 0 Å². The van der Waals surface area contributed by atoms with Crippen LogP contribution < -0.4 is 11.1 Å². The number of nitrogens with two attached hydrogens (primary N) is 1. The smallest absolute Gasteiger partial charge is 0.404 e. The summed E-state index contributed by atoms with van der Waals surface area (Å²) in [4.78, 5) is 36.1. The van der Waals surface area contributed by atoms with Gasteiger partial charge in [0.25, 0.3) is 0 Å². The Morgan fingerprint density at radius 1 is 1.30 bits per heavy atom. The van der Waals surface area contributed by atoms with Crippen molar-refractivity contribution in [2.45, 2.75) is 50.6 Å². The monoisotopic (exact) mass is 283 g/mol. The largest absolute Gasteiger partial charge is 0.448 e. The van der Waals surface area contributed by atoms with Gasteiger partial charge in [-0.05, 0) is 12.8 Å². The van der Waals surface area contributed by atoms with Crippen molar-refractivity contribution in [2.75, 3.05) is 13.2 Å². The summed E-state index contributed by atoms with van der Waals surface area (Å²) in [6.07, 6.45) is 4.50. The molecule has 1 saturated heterocycles. The van der Waals surface area contributed by atoms with E-state index in [9.17, 15) is 14.4 Å². The molecule has 1 atom stereocenters. The molecule has 0 bridgehead atoms. The van der Waals surface area contributed by atoms with Crippen LogP contribution in [-0.2, 0) is 14.3 Å². The Balaban J connectivity index is 1.83. The van der Waals surface area contributed by atoms with E-state index >= 15 is 0 Å². The van der Waals surface area contributed by atoms with Crippen molar-refractivity contribution < 1.29 is 19.1 Å². The standard InChI is InChI=1S/C13H21N3O4/c14-13(19)20-7-6-15-10-8-11(17)16(12(10)18)9-4-2-1-3-5-9/h9-10,15H,1-8H2,(H2,14,19). The molecule has 1 heterocycles. The first kappa shape index (κ1) is 14.8. The van der Waals surface area contributed by atoms with Gasteiger partial charge in [0, 0.05) is 12.6 Å². The fourth-order valence-electron chi connectivity index (χ4n) is 2.92. The van der Waals surface area contributed by atoms with Crippen LogP contribution in [0.25, 0.3) is 0 Å². The van der Waals surface area contributed by atoms with Crippen LogP contribution in [0.1, 0.15) is 38.5 Å². The summed E-state index contributed by atoms with van der Waals surface area (Å²) < 4.78 is 4.57. The molecule has 3 amide bonds. The van der Waals surface area contributed by atoms with Crippen LogP contribution in [0.2, 0.25) is 0 Å². The molecule has 0 aromatic carbocycles. The zero-order chi connectivity index (χ0) is 14.5. The van der Waals surface area contributed by atoms with Gasteiger partial charge in [-0.3, -0.25) is 14.5 Å². The van der Waals surface area contributed by atoms with E-state index in [4.69, 9.17) is 5.73 Å². The maximum absolute atomic E-state index is 12.3. The van der Waals surface area contributed by atoms with Crippen LogP contribution in [0.4, 0.5) is 4.79 Å². The Hall–Kier alpha value is -1.63. The topological polar surface area (TPSA) is 102 Å². The molecular weight excluding hydrogens is 262 g/mol. The van der Waals surface area contributed by atoms with Crippen molar-refractivity contribution >= 4 is 17.9 Å². The second-order valence-electron chi connectivity index (χ2n) is 5.27. The van der Waals surface area contributed by atoms with E-state index in [1.54, 1.807) is 0 Å². The van der Waals surface area contributed by atoms with Crippen molar-refractivity contribution in [3.05, 3.63) is 0 Å². The average Bonchev–Trinajstić information content (AvgIpc) is 2.70. The number of carbonyl (C=O) groups is 3. The third-order valence-corrected chi connectivity index (χ3v) is 3.86. The van der Waals surface area contributed by atoms with E-state index in [2.05, 4.69) is 10.1 Å². The first-order chi connectivity index (χ1) is 9.59. The van der Waals surface area contributed by atoms with Gasteiger partial charge in [-0.2, -0.15) is 0 Å². The van der Waals surface area contributed by atoms with Crippen molar-refractivity contribution in [1.29, 1.82) is 0 Å². The van der Waals surface area contributed by atoms with Crippen LogP contribution in [0.5, 0.6) is 0 Å². The van der Waals surface area contributed by atoms with Gasteiger partial charge in [-0.1, -0.05) is 19.3 Å². The molecule has 3 N–H and O–H groups in total. The number of nitrogens with one attached hydrogen (secondary N) is 1. The van der Waals surface area contributed by atoms with Crippen molar-refractivity contribution in [2.24, 2.45) is 5.73 Å². The highest BCUT2D eigenvalue weighted by Gasteiger charge is 2.42. The Bertz CT molecular complexity index is 393. The van der Waals surface area contributed by atoms with Crippen molar-refractivity contribution in [1.82, 2.24) is 10.2 Å². The number of hydrogen-bond donors (Lipinski definition) is 2.